The molecule has 8 heteroatoms. The lowest BCUT2D eigenvalue weighted by molar-refractivity contribution is -0.138. The van der Waals surface area contributed by atoms with Crippen LogP contribution in [0.4, 0.5) is 0 Å². The zero-order valence-electron chi connectivity index (χ0n) is 23.7. The molecule has 0 saturated heterocycles. The average molecular weight is 519 g/mol. The van der Waals surface area contributed by atoms with Crippen LogP contribution in [0.2, 0.25) is 51.4 Å². The molecule has 0 aliphatic rings. The summed E-state index contributed by atoms with van der Waals surface area (Å²) in [6, 6.07) is 2.18. The zero-order chi connectivity index (χ0) is 25.9. The van der Waals surface area contributed by atoms with Crippen molar-refractivity contribution in [2.24, 2.45) is 0 Å². The summed E-state index contributed by atoms with van der Waals surface area (Å²) in [4.78, 5) is 11.7. The maximum Gasteiger partial charge on any atom is 0.333 e. The minimum atomic E-state index is -2.20. The first-order valence-electron chi connectivity index (χ1n) is 12.8. The van der Waals surface area contributed by atoms with Gasteiger partial charge in [-0.05, 0) is 71.3 Å². The quantitative estimate of drug-likeness (QED) is 0.0838. The highest BCUT2D eigenvalue weighted by Gasteiger charge is 2.52. The van der Waals surface area contributed by atoms with Crippen LogP contribution in [0.15, 0.2) is 12.2 Å². The van der Waals surface area contributed by atoms with Crippen molar-refractivity contribution in [3.8, 4) is 0 Å². The summed E-state index contributed by atoms with van der Waals surface area (Å²) in [6.45, 7) is 27.6. The van der Waals surface area contributed by atoms with Crippen molar-refractivity contribution in [2.75, 3.05) is 20.3 Å². The van der Waals surface area contributed by atoms with Gasteiger partial charge in [-0.2, -0.15) is 0 Å². The number of methoxy groups -OCH3 is 1. The fourth-order valence-corrected chi connectivity index (χ4v) is 16.5. The van der Waals surface area contributed by atoms with E-state index in [0.29, 0.717) is 12.2 Å². The summed E-state index contributed by atoms with van der Waals surface area (Å²) < 4.78 is 24.9. The third kappa shape index (κ3) is 10.5. The van der Waals surface area contributed by atoms with E-state index in [1.165, 1.54) is 0 Å². The topological polar surface area (TPSA) is 54.0 Å². The van der Waals surface area contributed by atoms with Crippen molar-refractivity contribution in [3.05, 3.63) is 12.2 Å². The van der Waals surface area contributed by atoms with Gasteiger partial charge in [0.05, 0.1) is 19.9 Å². The van der Waals surface area contributed by atoms with Crippen LogP contribution in [0.3, 0.4) is 0 Å². The molecule has 0 spiro atoms. The Morgan fingerprint density at radius 1 is 0.939 bits per heavy atom. The Hall–Kier alpha value is -0.259. The van der Waals surface area contributed by atoms with E-state index in [9.17, 15) is 4.79 Å². The van der Waals surface area contributed by atoms with E-state index in [0.717, 1.165) is 50.8 Å². The van der Waals surface area contributed by atoms with Gasteiger partial charge in [0.15, 0.2) is 8.32 Å². The molecule has 0 aromatic carbocycles. The molecule has 0 bridgehead atoms. The summed E-state index contributed by atoms with van der Waals surface area (Å²) in [5.41, 5.74) is 0.730. The fourth-order valence-electron chi connectivity index (χ4n) is 4.83. The van der Waals surface area contributed by atoms with Crippen molar-refractivity contribution >= 4 is 30.7 Å². The minimum absolute atomic E-state index is 0.176. The summed E-state index contributed by atoms with van der Waals surface area (Å²) in [5, 5.41) is -0.176. The highest BCUT2D eigenvalue weighted by Crippen LogP contribution is 2.39. The number of hydrogen-bond acceptors (Lipinski definition) is 5. The molecule has 0 N–H and O–H groups in total. The Balaban J connectivity index is 5.40. The largest absolute Gasteiger partial charge is 0.462 e. The minimum Gasteiger partial charge on any atom is -0.462 e. The number of carbonyl (C=O) groups excluding carboxylic acids is 1. The molecule has 5 nitrogen and oxygen atoms in total. The molecule has 0 aromatic rings. The molecular formula is C25H54O5Si3. The van der Waals surface area contributed by atoms with E-state index in [2.05, 4.69) is 66.6 Å². The maximum absolute atomic E-state index is 11.7. The number of hydrogen-bond donors (Lipinski definition) is 0. The van der Waals surface area contributed by atoms with Gasteiger partial charge in [-0.1, -0.05) is 46.5 Å². The summed E-state index contributed by atoms with van der Waals surface area (Å²) in [5.74, 6) is -0.295. The van der Waals surface area contributed by atoms with Gasteiger partial charge in [0, 0.05) is 25.0 Å². The highest BCUT2D eigenvalue weighted by atomic mass is 28.4. The van der Waals surface area contributed by atoms with E-state index in [1.54, 1.807) is 14.0 Å². The first kappa shape index (κ1) is 32.7. The van der Waals surface area contributed by atoms with Crippen molar-refractivity contribution in [1.82, 2.24) is 0 Å². The Bertz CT molecular complexity index is 601. The van der Waals surface area contributed by atoms with Gasteiger partial charge in [0.2, 0.25) is 8.32 Å². The van der Waals surface area contributed by atoms with Crippen molar-refractivity contribution in [1.29, 1.82) is 0 Å². The number of ether oxygens (including phenoxy) is 2. The summed E-state index contributed by atoms with van der Waals surface area (Å²) >= 11 is 0. The first-order valence-corrected chi connectivity index (χ1v) is 22.1. The molecule has 0 aromatic heterocycles. The van der Waals surface area contributed by atoms with Crippen LogP contribution in [0.5, 0.6) is 0 Å². The standard InChI is InChI=1S/C25H54O5Si3/c1-13-23(31(7,8)20-17-19-28-24(26)22(4)5)29-33(11,12)25(14-2,15-3)30-32(9,10)21-16-18-27-6/h23H,4,13-21H2,1-3,5-12H3. The van der Waals surface area contributed by atoms with Crippen LogP contribution in [0.1, 0.15) is 59.8 Å². The van der Waals surface area contributed by atoms with Gasteiger partial charge in [0.25, 0.3) is 0 Å². The molecule has 0 amide bonds. The van der Waals surface area contributed by atoms with E-state index < -0.39 is 24.7 Å². The van der Waals surface area contributed by atoms with E-state index in [1.807, 2.05) is 0 Å². The zero-order valence-corrected chi connectivity index (χ0v) is 26.7. The average Bonchev–Trinajstić information content (AvgIpc) is 2.72. The predicted molar refractivity (Wildman–Crippen MR) is 149 cm³/mol. The Morgan fingerprint density at radius 2 is 1.48 bits per heavy atom. The third-order valence-electron chi connectivity index (χ3n) is 7.06. The first-order chi connectivity index (χ1) is 15.1. The smallest absolute Gasteiger partial charge is 0.333 e. The molecule has 0 aliphatic carbocycles. The van der Waals surface area contributed by atoms with E-state index >= 15 is 0 Å². The van der Waals surface area contributed by atoms with Crippen LogP contribution < -0.4 is 0 Å². The van der Waals surface area contributed by atoms with Crippen molar-refractivity contribution < 1.29 is 23.1 Å². The summed E-state index contributed by atoms with van der Waals surface area (Å²) in [7, 11) is -3.97. The van der Waals surface area contributed by atoms with Gasteiger partial charge in [-0.25, -0.2) is 4.79 Å². The molecule has 0 radical (unpaired) electrons. The van der Waals surface area contributed by atoms with Gasteiger partial charge in [0.1, 0.15) is 0 Å². The van der Waals surface area contributed by atoms with Crippen LogP contribution in [0.25, 0.3) is 0 Å². The number of carbonyl (C=O) groups is 1. The molecule has 33 heavy (non-hydrogen) atoms. The van der Waals surface area contributed by atoms with Gasteiger partial charge < -0.3 is 18.3 Å². The highest BCUT2D eigenvalue weighted by molar-refractivity contribution is 6.81. The monoisotopic (exact) mass is 518 g/mol. The Morgan fingerprint density at radius 3 is 1.94 bits per heavy atom. The molecule has 196 valence electrons. The normalized spacial score (nSPS) is 14.3. The van der Waals surface area contributed by atoms with Gasteiger partial charge >= 0.3 is 5.97 Å². The molecule has 0 fully saturated rings. The van der Waals surface area contributed by atoms with E-state index in [4.69, 9.17) is 18.3 Å². The molecule has 1 unspecified atom stereocenters. The van der Waals surface area contributed by atoms with Crippen LogP contribution in [-0.4, -0.2) is 62.0 Å². The second-order valence-electron chi connectivity index (χ2n) is 11.2. The maximum atomic E-state index is 11.7. The van der Waals surface area contributed by atoms with E-state index in [-0.39, 0.29) is 16.9 Å². The Labute approximate surface area is 208 Å². The molecule has 0 rings (SSSR count). The van der Waals surface area contributed by atoms with Gasteiger partial charge in [-0.15, -0.1) is 0 Å². The van der Waals surface area contributed by atoms with Gasteiger partial charge in [-0.3, -0.25) is 0 Å². The third-order valence-corrected chi connectivity index (χ3v) is 17.8. The molecule has 0 saturated carbocycles. The number of esters is 1. The second-order valence-corrected chi connectivity index (χ2v) is 24.7. The lowest BCUT2D eigenvalue weighted by Gasteiger charge is -2.50. The summed E-state index contributed by atoms with van der Waals surface area (Å²) in [6.07, 6.45) is 4.91. The van der Waals surface area contributed by atoms with Crippen molar-refractivity contribution in [3.63, 3.8) is 0 Å². The SMILES string of the molecule is C=C(C)C(=O)OCCC[Si](C)(C)C(CC)O[Si](C)(C)C(CC)(CC)O[Si](C)(C)CCCOC. The van der Waals surface area contributed by atoms with Crippen LogP contribution >= 0.6 is 0 Å². The molecular weight excluding hydrogens is 465 g/mol. The lowest BCUT2D eigenvalue weighted by Crippen LogP contribution is -2.64. The molecule has 1 atom stereocenters. The second kappa shape index (κ2) is 14.3. The molecule has 0 heterocycles. The predicted octanol–water partition coefficient (Wildman–Crippen LogP) is 7.10. The number of rotatable bonds is 18. The van der Waals surface area contributed by atoms with Crippen LogP contribution in [0, 0.1) is 0 Å². The Kier molecular flexibility index (Phi) is 14.2. The van der Waals surface area contributed by atoms with Crippen molar-refractivity contribution in [2.45, 2.75) is 122 Å². The molecule has 0 aliphatic heterocycles. The lowest BCUT2D eigenvalue weighted by atomic mass is 10.2. The fraction of sp³-hybridized carbons (Fsp3) is 0.880. The van der Waals surface area contributed by atoms with Crippen LogP contribution in [-0.2, 0) is 23.1 Å².